The Bertz CT molecular complexity index is 228. The first-order valence-corrected chi connectivity index (χ1v) is 3.72. The summed E-state index contributed by atoms with van der Waals surface area (Å²) in [4.78, 5) is 0. The summed E-state index contributed by atoms with van der Waals surface area (Å²) < 4.78 is 12.6. The molecule has 0 bridgehead atoms. The van der Waals surface area contributed by atoms with Gasteiger partial charge in [0.2, 0.25) is 0 Å². The average Bonchev–Trinajstić information content (AvgIpc) is 1.85. The zero-order valence-corrected chi connectivity index (χ0v) is 6.89. The highest BCUT2D eigenvalue weighted by Crippen LogP contribution is 2.10. The molecule has 0 saturated carbocycles. The smallest absolute Gasteiger partial charge is 0.123 e. The summed E-state index contributed by atoms with van der Waals surface area (Å²) in [6, 6.07) is 6.73. The molecule has 0 amide bonds. The van der Waals surface area contributed by atoms with Gasteiger partial charge in [0, 0.05) is 0 Å². The van der Waals surface area contributed by atoms with Crippen LogP contribution in [-0.4, -0.2) is 0 Å². The first-order chi connectivity index (χ1) is 5.18. The van der Waals surface area contributed by atoms with Crippen molar-refractivity contribution in [3.63, 3.8) is 0 Å². The predicted molar refractivity (Wildman–Crippen MR) is 44.7 cm³/mol. The molecule has 0 saturated heterocycles. The Morgan fingerprint density at radius 3 is 2.64 bits per heavy atom. The highest BCUT2D eigenvalue weighted by molar-refractivity contribution is 5.19. The number of benzene rings is 1. The summed E-state index contributed by atoms with van der Waals surface area (Å²) in [5, 5.41) is 0. The minimum absolute atomic E-state index is 0.149. The van der Waals surface area contributed by atoms with E-state index in [2.05, 4.69) is 0 Å². The second-order valence-corrected chi connectivity index (χ2v) is 3.01. The quantitative estimate of drug-likeness (QED) is 0.609. The summed E-state index contributed by atoms with van der Waals surface area (Å²) in [5.74, 6) is 1.15. The van der Waals surface area contributed by atoms with Crippen molar-refractivity contribution in [3.8, 4) is 0 Å². The van der Waals surface area contributed by atoms with Gasteiger partial charge in [-0.05, 0) is 30.0 Å². The summed E-state index contributed by atoms with van der Waals surface area (Å²) in [5.41, 5.74) is 1.05. The summed E-state index contributed by atoms with van der Waals surface area (Å²) in [6.07, 6.45) is 0.873. The van der Waals surface area contributed by atoms with E-state index in [9.17, 15) is 4.39 Å². The molecule has 1 heteroatoms. The number of hydrogen-bond acceptors (Lipinski definition) is 0. The summed E-state index contributed by atoms with van der Waals surface area (Å²) in [7, 11) is 0. The Labute approximate surface area is 67.1 Å². The zero-order valence-electron chi connectivity index (χ0n) is 6.89. The molecule has 1 radical (unpaired) electrons. The van der Waals surface area contributed by atoms with Crippen LogP contribution in [0.3, 0.4) is 0 Å². The largest absolute Gasteiger partial charge is 0.207 e. The maximum absolute atomic E-state index is 12.6. The molecule has 0 atom stereocenters. The Kier molecular flexibility index (Phi) is 2.64. The Morgan fingerprint density at radius 1 is 1.36 bits per heavy atom. The normalized spacial score (nSPS) is 10.5. The van der Waals surface area contributed by atoms with Crippen LogP contribution in [0.25, 0.3) is 0 Å². The van der Waals surface area contributed by atoms with Gasteiger partial charge in [-0.1, -0.05) is 26.0 Å². The van der Waals surface area contributed by atoms with Crippen molar-refractivity contribution in [2.24, 2.45) is 0 Å². The molecule has 0 aromatic heterocycles. The van der Waals surface area contributed by atoms with Gasteiger partial charge in [-0.25, -0.2) is 4.39 Å². The van der Waals surface area contributed by atoms with E-state index in [0.29, 0.717) is 0 Å². The monoisotopic (exact) mass is 151 g/mol. The molecule has 1 aromatic rings. The molecule has 0 fully saturated rings. The van der Waals surface area contributed by atoms with Gasteiger partial charge in [0.25, 0.3) is 0 Å². The molecule has 0 aliphatic rings. The lowest BCUT2D eigenvalue weighted by atomic mass is 10.0. The molecule has 0 spiro atoms. The molecule has 0 N–H and O–H groups in total. The lowest BCUT2D eigenvalue weighted by molar-refractivity contribution is 0.625. The molecule has 11 heavy (non-hydrogen) atoms. The van der Waals surface area contributed by atoms with E-state index < -0.39 is 0 Å². The maximum Gasteiger partial charge on any atom is 0.123 e. The van der Waals surface area contributed by atoms with Crippen LogP contribution in [0.15, 0.2) is 24.3 Å². The lowest BCUT2D eigenvalue weighted by Crippen LogP contribution is -1.91. The van der Waals surface area contributed by atoms with Gasteiger partial charge in [0.1, 0.15) is 5.82 Å². The number of hydrogen-bond donors (Lipinski definition) is 0. The second kappa shape index (κ2) is 3.51. The Balaban J connectivity index is 2.71. The molecule has 59 valence electrons. The van der Waals surface area contributed by atoms with Gasteiger partial charge in [0.05, 0.1) is 0 Å². The van der Waals surface area contributed by atoms with E-state index in [1.807, 2.05) is 19.9 Å². The summed E-state index contributed by atoms with van der Waals surface area (Å²) >= 11 is 0. The van der Waals surface area contributed by atoms with Gasteiger partial charge in [-0.3, -0.25) is 0 Å². The van der Waals surface area contributed by atoms with E-state index in [1.165, 1.54) is 12.0 Å². The van der Waals surface area contributed by atoms with Crippen molar-refractivity contribution < 1.29 is 4.39 Å². The SMILES string of the molecule is C[C](C)Cc1cccc(F)c1. The fourth-order valence-electron chi connectivity index (χ4n) is 1.06. The van der Waals surface area contributed by atoms with Crippen LogP contribution in [0.1, 0.15) is 19.4 Å². The zero-order chi connectivity index (χ0) is 8.27. The molecule has 0 nitrogen and oxygen atoms in total. The molecule has 0 unspecified atom stereocenters. The maximum atomic E-state index is 12.6. The van der Waals surface area contributed by atoms with Crippen molar-refractivity contribution in [3.05, 3.63) is 41.6 Å². The molecule has 0 aliphatic carbocycles. The minimum Gasteiger partial charge on any atom is -0.207 e. The van der Waals surface area contributed by atoms with Crippen LogP contribution in [0.5, 0.6) is 0 Å². The minimum atomic E-state index is -0.149. The molecule has 0 heterocycles. The highest BCUT2D eigenvalue weighted by Gasteiger charge is 1.98. The third-order valence-corrected chi connectivity index (χ3v) is 1.45. The van der Waals surface area contributed by atoms with E-state index in [4.69, 9.17) is 0 Å². The van der Waals surface area contributed by atoms with E-state index in [0.717, 1.165) is 12.0 Å². The standard InChI is InChI=1S/C10H12F/c1-8(2)6-9-4-3-5-10(11)7-9/h3-5,7H,6H2,1-2H3. The van der Waals surface area contributed by atoms with Gasteiger partial charge in [-0.2, -0.15) is 0 Å². The van der Waals surface area contributed by atoms with E-state index in [-0.39, 0.29) is 5.82 Å². The fraction of sp³-hybridized carbons (Fsp3) is 0.300. The van der Waals surface area contributed by atoms with Crippen molar-refractivity contribution in [1.82, 2.24) is 0 Å². The molecule has 1 aromatic carbocycles. The van der Waals surface area contributed by atoms with Gasteiger partial charge < -0.3 is 0 Å². The summed E-state index contributed by atoms with van der Waals surface area (Å²) in [6.45, 7) is 4.09. The lowest BCUT2D eigenvalue weighted by Gasteiger charge is -2.02. The topological polar surface area (TPSA) is 0 Å². The first kappa shape index (κ1) is 8.25. The van der Waals surface area contributed by atoms with Crippen LogP contribution in [0.4, 0.5) is 4.39 Å². The van der Waals surface area contributed by atoms with E-state index in [1.54, 1.807) is 12.1 Å². The average molecular weight is 151 g/mol. The van der Waals surface area contributed by atoms with Crippen molar-refractivity contribution in [2.75, 3.05) is 0 Å². The number of halogens is 1. The molecule has 1 rings (SSSR count). The highest BCUT2D eigenvalue weighted by atomic mass is 19.1. The van der Waals surface area contributed by atoms with Crippen LogP contribution in [0.2, 0.25) is 0 Å². The van der Waals surface area contributed by atoms with Gasteiger partial charge in [-0.15, -0.1) is 0 Å². The molecule has 0 aliphatic heterocycles. The fourth-order valence-corrected chi connectivity index (χ4v) is 1.06. The van der Waals surface area contributed by atoms with Crippen LogP contribution in [-0.2, 0) is 6.42 Å². The third kappa shape index (κ3) is 2.71. The third-order valence-electron chi connectivity index (χ3n) is 1.45. The van der Waals surface area contributed by atoms with Crippen LogP contribution in [0, 0.1) is 11.7 Å². The second-order valence-electron chi connectivity index (χ2n) is 3.01. The molecular formula is C10H12F. The molecular weight excluding hydrogens is 139 g/mol. The number of rotatable bonds is 2. The van der Waals surface area contributed by atoms with Crippen molar-refractivity contribution in [2.45, 2.75) is 20.3 Å². The van der Waals surface area contributed by atoms with Crippen molar-refractivity contribution >= 4 is 0 Å². The Hall–Kier alpha value is -0.850. The van der Waals surface area contributed by atoms with Gasteiger partial charge >= 0.3 is 0 Å². The Morgan fingerprint density at radius 2 is 2.09 bits per heavy atom. The first-order valence-electron chi connectivity index (χ1n) is 3.72. The van der Waals surface area contributed by atoms with Gasteiger partial charge in [0.15, 0.2) is 0 Å². The van der Waals surface area contributed by atoms with Crippen LogP contribution < -0.4 is 0 Å². The van der Waals surface area contributed by atoms with Crippen LogP contribution >= 0.6 is 0 Å². The van der Waals surface area contributed by atoms with Crippen molar-refractivity contribution in [1.29, 1.82) is 0 Å². The predicted octanol–water partition coefficient (Wildman–Crippen LogP) is 2.98. The van der Waals surface area contributed by atoms with E-state index >= 15 is 0 Å².